The van der Waals surface area contributed by atoms with Crippen LogP contribution in [0.2, 0.25) is 0 Å². The summed E-state index contributed by atoms with van der Waals surface area (Å²) in [5.74, 6) is 1.24. The Bertz CT molecular complexity index is 1000. The van der Waals surface area contributed by atoms with E-state index in [9.17, 15) is 4.79 Å². The number of nitrogens with zero attached hydrogens (tertiary/aromatic N) is 2. The van der Waals surface area contributed by atoms with Crippen molar-refractivity contribution < 1.29 is 14.3 Å². The van der Waals surface area contributed by atoms with Crippen LogP contribution < -0.4 is 9.47 Å². The normalized spacial score (nSPS) is 16.4. The number of aromatic nitrogens is 1. The molecule has 1 fully saturated rings. The number of ether oxygens (including phenoxy) is 2. The average molecular weight is 376 g/mol. The Morgan fingerprint density at radius 2 is 2.00 bits per heavy atom. The number of amides is 1. The van der Waals surface area contributed by atoms with E-state index in [4.69, 9.17) is 9.47 Å². The third kappa shape index (κ3) is 3.65. The number of hydrogen-bond donors (Lipinski definition) is 0. The van der Waals surface area contributed by atoms with Gasteiger partial charge in [-0.3, -0.25) is 4.79 Å². The van der Waals surface area contributed by atoms with Crippen molar-refractivity contribution in [3.8, 4) is 11.6 Å². The highest BCUT2D eigenvalue weighted by atomic mass is 16.5. The maximum Gasteiger partial charge on any atom is 0.258 e. The van der Waals surface area contributed by atoms with Gasteiger partial charge < -0.3 is 14.4 Å². The molecule has 0 aliphatic carbocycles. The second kappa shape index (κ2) is 7.89. The molecular weight excluding hydrogens is 352 g/mol. The maximum absolute atomic E-state index is 13.4. The number of hydrogen-bond acceptors (Lipinski definition) is 4. The van der Waals surface area contributed by atoms with Crippen LogP contribution in [0.15, 0.2) is 54.6 Å². The fourth-order valence-electron chi connectivity index (χ4n) is 3.67. The van der Waals surface area contributed by atoms with Gasteiger partial charge in [0.2, 0.25) is 5.88 Å². The molecule has 0 bridgehead atoms. The van der Waals surface area contributed by atoms with Gasteiger partial charge in [0.1, 0.15) is 11.9 Å². The largest absolute Gasteiger partial charge is 0.493 e. The van der Waals surface area contributed by atoms with Gasteiger partial charge in [-0.15, -0.1) is 0 Å². The molecule has 0 saturated carbocycles. The number of aryl methyl sites for hydroxylation is 1. The highest BCUT2D eigenvalue weighted by Crippen LogP contribution is 2.31. The van der Waals surface area contributed by atoms with Gasteiger partial charge in [-0.2, -0.15) is 0 Å². The molecule has 2 heterocycles. The molecule has 1 amide bonds. The Balaban J connectivity index is 1.57. The van der Waals surface area contributed by atoms with Crippen LogP contribution in [0.1, 0.15) is 29.4 Å². The topological polar surface area (TPSA) is 51.7 Å². The van der Waals surface area contributed by atoms with E-state index < -0.39 is 0 Å². The first-order valence-corrected chi connectivity index (χ1v) is 9.70. The Morgan fingerprint density at radius 3 is 2.82 bits per heavy atom. The summed E-state index contributed by atoms with van der Waals surface area (Å²) in [7, 11) is 0. The van der Waals surface area contributed by atoms with Gasteiger partial charge in [-0.05, 0) is 36.8 Å². The monoisotopic (exact) mass is 376 g/mol. The highest BCUT2D eigenvalue weighted by Gasteiger charge is 2.31. The molecular formula is C23H24N2O3. The minimum Gasteiger partial charge on any atom is -0.493 e. The molecule has 3 aromatic rings. The summed E-state index contributed by atoms with van der Waals surface area (Å²) in [6.07, 6.45) is 0.736. The van der Waals surface area contributed by atoms with Crippen molar-refractivity contribution in [3.63, 3.8) is 0 Å². The van der Waals surface area contributed by atoms with E-state index in [-0.39, 0.29) is 12.0 Å². The predicted molar refractivity (Wildman–Crippen MR) is 109 cm³/mol. The standard InChI is InChI=1S/C23H24N2O3/c1-3-27-20-12-11-17-8-4-5-9-19(17)22(20)23(26)25-14-13-18(15-25)28-21-10-6-7-16(2)24-21/h4-12,18H,3,13-15H2,1-2H3. The van der Waals surface area contributed by atoms with Crippen LogP contribution in [0, 0.1) is 6.92 Å². The molecule has 1 saturated heterocycles. The van der Waals surface area contributed by atoms with Crippen molar-refractivity contribution in [3.05, 3.63) is 65.9 Å². The van der Waals surface area contributed by atoms with Gasteiger partial charge >= 0.3 is 0 Å². The first kappa shape index (κ1) is 18.3. The third-order valence-electron chi connectivity index (χ3n) is 4.99. The van der Waals surface area contributed by atoms with Crippen LogP contribution in [0.3, 0.4) is 0 Å². The Kier molecular flexibility index (Phi) is 5.15. The maximum atomic E-state index is 13.4. The second-order valence-electron chi connectivity index (χ2n) is 6.99. The van der Waals surface area contributed by atoms with Gasteiger partial charge in [0.05, 0.1) is 18.7 Å². The van der Waals surface area contributed by atoms with Gasteiger partial charge in [0.25, 0.3) is 5.91 Å². The van der Waals surface area contributed by atoms with E-state index in [1.54, 1.807) is 0 Å². The third-order valence-corrected chi connectivity index (χ3v) is 4.99. The molecule has 1 aliphatic rings. The molecule has 1 unspecified atom stereocenters. The van der Waals surface area contributed by atoms with Gasteiger partial charge in [0, 0.05) is 24.7 Å². The van der Waals surface area contributed by atoms with Gasteiger partial charge in [0.15, 0.2) is 0 Å². The predicted octanol–water partition coefficient (Wildman–Crippen LogP) is 4.24. The second-order valence-corrected chi connectivity index (χ2v) is 6.99. The molecule has 0 N–H and O–H groups in total. The van der Waals surface area contributed by atoms with E-state index in [1.165, 1.54) is 0 Å². The molecule has 5 nitrogen and oxygen atoms in total. The Morgan fingerprint density at radius 1 is 1.14 bits per heavy atom. The first-order valence-electron chi connectivity index (χ1n) is 9.70. The lowest BCUT2D eigenvalue weighted by Crippen LogP contribution is -2.31. The molecule has 5 heteroatoms. The van der Waals surface area contributed by atoms with Crippen LogP contribution in [-0.4, -0.2) is 41.6 Å². The zero-order chi connectivity index (χ0) is 19.5. The number of likely N-dealkylation sites (tertiary alicyclic amines) is 1. The molecule has 1 aliphatic heterocycles. The summed E-state index contributed by atoms with van der Waals surface area (Å²) in [4.78, 5) is 19.6. The lowest BCUT2D eigenvalue weighted by Gasteiger charge is -2.20. The molecule has 4 rings (SSSR count). The summed E-state index contributed by atoms with van der Waals surface area (Å²) in [6.45, 7) is 5.59. The minimum atomic E-state index is -0.0521. The number of carbonyl (C=O) groups is 1. The zero-order valence-corrected chi connectivity index (χ0v) is 16.2. The molecule has 144 valence electrons. The number of rotatable bonds is 5. The van der Waals surface area contributed by atoms with Crippen molar-refractivity contribution in [1.82, 2.24) is 9.88 Å². The lowest BCUT2D eigenvalue weighted by molar-refractivity contribution is 0.0769. The molecule has 2 aromatic carbocycles. The SMILES string of the molecule is CCOc1ccc2ccccc2c1C(=O)N1CCC(Oc2cccc(C)n2)C1. The fraction of sp³-hybridized carbons (Fsp3) is 0.304. The fourth-order valence-corrected chi connectivity index (χ4v) is 3.67. The number of pyridine rings is 1. The van der Waals surface area contributed by atoms with Crippen LogP contribution in [0.5, 0.6) is 11.6 Å². The van der Waals surface area contributed by atoms with E-state index in [0.29, 0.717) is 36.9 Å². The smallest absolute Gasteiger partial charge is 0.258 e. The molecule has 0 spiro atoms. The summed E-state index contributed by atoms with van der Waals surface area (Å²) in [5.41, 5.74) is 1.55. The highest BCUT2D eigenvalue weighted by molar-refractivity contribution is 6.09. The molecule has 0 radical (unpaired) electrons. The van der Waals surface area contributed by atoms with Crippen molar-refractivity contribution >= 4 is 16.7 Å². The van der Waals surface area contributed by atoms with E-state index >= 15 is 0 Å². The van der Waals surface area contributed by atoms with Crippen LogP contribution in [0.4, 0.5) is 0 Å². The average Bonchev–Trinajstić information content (AvgIpc) is 3.16. The summed E-state index contributed by atoms with van der Waals surface area (Å²) >= 11 is 0. The quantitative estimate of drug-likeness (QED) is 0.668. The zero-order valence-electron chi connectivity index (χ0n) is 16.2. The first-order chi connectivity index (χ1) is 13.7. The summed E-state index contributed by atoms with van der Waals surface area (Å²) in [6, 6.07) is 17.5. The molecule has 1 aromatic heterocycles. The van der Waals surface area contributed by atoms with Crippen molar-refractivity contribution in [2.75, 3.05) is 19.7 Å². The van der Waals surface area contributed by atoms with Crippen molar-refractivity contribution in [2.45, 2.75) is 26.4 Å². The molecule has 1 atom stereocenters. The number of fused-ring (bicyclic) bond motifs is 1. The Hall–Kier alpha value is -3.08. The van der Waals surface area contributed by atoms with Crippen molar-refractivity contribution in [1.29, 1.82) is 0 Å². The summed E-state index contributed by atoms with van der Waals surface area (Å²) < 4.78 is 11.8. The van der Waals surface area contributed by atoms with E-state index in [1.807, 2.05) is 73.3 Å². The lowest BCUT2D eigenvalue weighted by atomic mass is 10.0. The minimum absolute atomic E-state index is 0.0106. The van der Waals surface area contributed by atoms with Crippen LogP contribution in [-0.2, 0) is 0 Å². The van der Waals surface area contributed by atoms with E-state index in [2.05, 4.69) is 4.98 Å². The van der Waals surface area contributed by atoms with Gasteiger partial charge in [-0.25, -0.2) is 4.98 Å². The van der Waals surface area contributed by atoms with Crippen LogP contribution >= 0.6 is 0 Å². The number of benzene rings is 2. The molecule has 28 heavy (non-hydrogen) atoms. The van der Waals surface area contributed by atoms with Gasteiger partial charge in [-0.1, -0.05) is 36.4 Å². The van der Waals surface area contributed by atoms with Crippen molar-refractivity contribution in [2.24, 2.45) is 0 Å². The van der Waals surface area contributed by atoms with Crippen LogP contribution in [0.25, 0.3) is 10.8 Å². The summed E-state index contributed by atoms with van der Waals surface area (Å²) in [5, 5.41) is 1.95. The Labute approximate surface area is 164 Å². The van der Waals surface area contributed by atoms with E-state index in [0.717, 1.165) is 22.9 Å². The number of carbonyl (C=O) groups excluding carboxylic acids is 1.